The normalized spacial score (nSPS) is 30.1. The van der Waals surface area contributed by atoms with Gasteiger partial charge in [-0.1, -0.05) is 0 Å². The van der Waals surface area contributed by atoms with E-state index < -0.39 is 18.7 Å². The summed E-state index contributed by atoms with van der Waals surface area (Å²) in [5, 5.41) is 3.19. The summed E-state index contributed by atoms with van der Waals surface area (Å²) in [5.41, 5.74) is -0.0767. The number of nitrogens with one attached hydrogen (secondary N) is 1. The van der Waals surface area contributed by atoms with E-state index in [1.165, 1.54) is 44.6 Å². The molecule has 164 valence electrons. The van der Waals surface area contributed by atoms with Crippen LogP contribution in [-0.2, 0) is 9.53 Å². The number of rotatable bonds is 7. The number of alkyl halides is 2. The minimum Gasteiger partial charge on any atom is -0.493 e. The van der Waals surface area contributed by atoms with Gasteiger partial charge in [-0.3, -0.25) is 4.79 Å². The Balaban J connectivity index is 1.38. The van der Waals surface area contributed by atoms with Crippen LogP contribution in [0.2, 0.25) is 0 Å². The summed E-state index contributed by atoms with van der Waals surface area (Å²) in [6, 6.07) is 3.76. The van der Waals surface area contributed by atoms with Crippen LogP contribution in [0.3, 0.4) is 0 Å². The Hall–Kier alpha value is -2.38. The van der Waals surface area contributed by atoms with Crippen molar-refractivity contribution in [2.75, 3.05) is 7.11 Å². The van der Waals surface area contributed by atoms with Gasteiger partial charge in [-0.2, -0.15) is 8.78 Å². The predicted octanol–water partition coefficient (Wildman–Crippen LogP) is 3.93. The van der Waals surface area contributed by atoms with E-state index in [-0.39, 0.29) is 28.5 Å². The number of ether oxygens (including phenoxy) is 3. The van der Waals surface area contributed by atoms with E-state index in [1.807, 2.05) is 0 Å². The Morgan fingerprint density at radius 3 is 2.20 bits per heavy atom. The first-order valence-corrected chi connectivity index (χ1v) is 10.4. The van der Waals surface area contributed by atoms with Crippen LogP contribution >= 0.6 is 0 Å². The largest absolute Gasteiger partial charge is 0.493 e. The molecule has 4 fully saturated rings. The minimum absolute atomic E-state index is 0.0181. The fraction of sp³-hybridized carbons (Fsp3) is 0.636. The Kier molecular flexibility index (Phi) is 5.59. The van der Waals surface area contributed by atoms with Crippen LogP contribution in [0.15, 0.2) is 18.2 Å². The Labute approximate surface area is 174 Å². The lowest BCUT2D eigenvalue weighted by atomic mass is 9.53. The lowest BCUT2D eigenvalue weighted by Gasteiger charge is -2.57. The number of methoxy groups -OCH3 is 1. The number of halogens is 2. The maximum atomic E-state index is 12.8. The fourth-order valence-corrected chi connectivity index (χ4v) is 5.90. The van der Waals surface area contributed by atoms with Gasteiger partial charge in [0.25, 0.3) is 5.91 Å². The molecule has 1 amide bonds. The molecule has 5 rings (SSSR count). The third kappa shape index (κ3) is 4.23. The highest BCUT2D eigenvalue weighted by atomic mass is 19.3. The molecule has 4 bridgehead atoms. The minimum atomic E-state index is -3.01. The number of carbonyl (C=O) groups excluding carboxylic acids is 2. The second-order valence-electron chi connectivity index (χ2n) is 8.98. The van der Waals surface area contributed by atoms with E-state index >= 15 is 0 Å². The number of hydrogen-bond donors (Lipinski definition) is 1. The van der Waals surface area contributed by atoms with E-state index in [4.69, 9.17) is 9.47 Å². The molecular formula is C22H27F2NO5. The van der Waals surface area contributed by atoms with Crippen molar-refractivity contribution in [1.29, 1.82) is 0 Å². The Bertz CT molecular complexity index is 792. The number of carbonyl (C=O) groups is 2. The second-order valence-corrected chi connectivity index (χ2v) is 8.98. The molecule has 4 saturated carbocycles. The molecule has 0 heterocycles. The van der Waals surface area contributed by atoms with Gasteiger partial charge in [0.15, 0.2) is 17.6 Å². The zero-order valence-corrected chi connectivity index (χ0v) is 17.2. The van der Waals surface area contributed by atoms with E-state index in [0.717, 1.165) is 19.3 Å². The van der Waals surface area contributed by atoms with Gasteiger partial charge in [-0.25, -0.2) is 4.79 Å². The van der Waals surface area contributed by atoms with Crippen LogP contribution in [0, 0.1) is 17.8 Å². The van der Waals surface area contributed by atoms with Crippen LogP contribution in [0.4, 0.5) is 8.78 Å². The van der Waals surface area contributed by atoms with Crippen LogP contribution in [0.1, 0.15) is 55.8 Å². The van der Waals surface area contributed by atoms with Crippen LogP contribution in [0.25, 0.3) is 0 Å². The summed E-state index contributed by atoms with van der Waals surface area (Å²) in [6.45, 7) is -1.47. The molecule has 1 N–H and O–H groups in total. The lowest BCUT2D eigenvalue weighted by Crippen LogP contribution is -2.61. The van der Waals surface area contributed by atoms with Gasteiger partial charge in [0.2, 0.25) is 0 Å². The molecule has 0 aromatic heterocycles. The van der Waals surface area contributed by atoms with Gasteiger partial charge in [-0.05, 0) is 81.4 Å². The zero-order chi connectivity index (χ0) is 21.5. The van der Waals surface area contributed by atoms with E-state index in [1.54, 1.807) is 6.92 Å². The summed E-state index contributed by atoms with van der Waals surface area (Å²) < 4.78 is 39.6. The van der Waals surface area contributed by atoms with Crippen LogP contribution in [-0.4, -0.2) is 37.2 Å². The molecule has 1 aromatic carbocycles. The SMILES string of the molecule is COc1cc(C(=O)O[C@H](C)C(=O)NC23CC4CC(CC(C4)C2)C3)ccc1OC(F)F. The third-order valence-corrected chi connectivity index (χ3v) is 6.70. The van der Waals surface area contributed by atoms with Crippen molar-refractivity contribution >= 4 is 11.9 Å². The number of amides is 1. The van der Waals surface area contributed by atoms with Crippen LogP contribution < -0.4 is 14.8 Å². The molecule has 0 unspecified atom stereocenters. The summed E-state index contributed by atoms with van der Waals surface area (Å²) in [6.07, 6.45) is 5.87. The van der Waals surface area contributed by atoms with E-state index in [2.05, 4.69) is 10.1 Å². The molecule has 4 aliphatic carbocycles. The van der Waals surface area contributed by atoms with E-state index in [0.29, 0.717) is 17.8 Å². The molecule has 0 spiro atoms. The van der Waals surface area contributed by atoms with Crippen molar-refractivity contribution in [3.8, 4) is 11.5 Å². The number of benzene rings is 1. The standard InChI is InChI=1S/C22H27F2NO5/c1-12(19(26)25-22-9-13-5-14(10-22)7-15(6-13)11-22)29-20(27)16-3-4-17(30-21(23)24)18(8-16)28-2/h3-4,8,12-15,21H,5-7,9-11H2,1-2H3,(H,25,26)/t12-,13?,14?,15?,22?/m1/s1. The monoisotopic (exact) mass is 423 g/mol. The van der Waals surface area contributed by atoms with Gasteiger partial charge >= 0.3 is 12.6 Å². The quantitative estimate of drug-likeness (QED) is 0.673. The molecule has 4 aliphatic rings. The maximum absolute atomic E-state index is 12.8. The van der Waals surface area contributed by atoms with Crippen molar-refractivity contribution in [2.45, 2.75) is 63.7 Å². The van der Waals surface area contributed by atoms with Crippen LogP contribution in [0.5, 0.6) is 11.5 Å². The average Bonchev–Trinajstić information content (AvgIpc) is 2.66. The van der Waals surface area contributed by atoms with Gasteiger partial charge < -0.3 is 19.5 Å². The molecule has 1 aromatic rings. The molecule has 30 heavy (non-hydrogen) atoms. The highest BCUT2D eigenvalue weighted by Gasteiger charge is 2.51. The second kappa shape index (κ2) is 8.04. The first-order valence-electron chi connectivity index (χ1n) is 10.4. The van der Waals surface area contributed by atoms with Gasteiger partial charge in [0, 0.05) is 5.54 Å². The molecule has 6 nitrogen and oxygen atoms in total. The smallest absolute Gasteiger partial charge is 0.387 e. The third-order valence-electron chi connectivity index (χ3n) is 6.70. The van der Waals surface area contributed by atoms with Gasteiger partial charge in [0.1, 0.15) is 0 Å². The number of hydrogen-bond acceptors (Lipinski definition) is 5. The van der Waals surface area contributed by atoms with Gasteiger partial charge in [-0.15, -0.1) is 0 Å². The molecule has 0 aliphatic heterocycles. The summed E-state index contributed by atoms with van der Waals surface area (Å²) in [5.74, 6) is 0.842. The van der Waals surface area contributed by atoms with Crippen molar-refractivity contribution in [3.05, 3.63) is 23.8 Å². The van der Waals surface area contributed by atoms with Crippen molar-refractivity contribution in [1.82, 2.24) is 5.32 Å². The average molecular weight is 423 g/mol. The molecule has 0 radical (unpaired) electrons. The maximum Gasteiger partial charge on any atom is 0.387 e. The molecule has 1 atom stereocenters. The fourth-order valence-electron chi connectivity index (χ4n) is 5.90. The van der Waals surface area contributed by atoms with Crippen molar-refractivity contribution < 1.29 is 32.6 Å². The summed E-state index contributed by atoms with van der Waals surface area (Å²) in [7, 11) is 1.28. The highest BCUT2D eigenvalue weighted by molar-refractivity contribution is 5.93. The first-order chi connectivity index (χ1) is 14.3. The summed E-state index contributed by atoms with van der Waals surface area (Å²) in [4.78, 5) is 25.3. The number of esters is 1. The Morgan fingerprint density at radius 1 is 1.07 bits per heavy atom. The first kappa shape index (κ1) is 20.9. The zero-order valence-electron chi connectivity index (χ0n) is 17.2. The van der Waals surface area contributed by atoms with Crippen molar-refractivity contribution in [3.63, 3.8) is 0 Å². The predicted molar refractivity (Wildman–Crippen MR) is 104 cm³/mol. The van der Waals surface area contributed by atoms with Gasteiger partial charge in [0.05, 0.1) is 12.7 Å². The molecule has 8 heteroatoms. The Morgan fingerprint density at radius 2 is 1.67 bits per heavy atom. The molecule has 0 saturated heterocycles. The van der Waals surface area contributed by atoms with E-state index in [9.17, 15) is 18.4 Å². The highest BCUT2D eigenvalue weighted by Crippen LogP contribution is 2.55. The lowest BCUT2D eigenvalue weighted by molar-refractivity contribution is -0.134. The topological polar surface area (TPSA) is 73.9 Å². The van der Waals surface area contributed by atoms with Crippen molar-refractivity contribution in [2.24, 2.45) is 17.8 Å². The summed E-state index contributed by atoms with van der Waals surface area (Å²) >= 11 is 0. The molecular weight excluding hydrogens is 396 g/mol.